The largest absolute Gasteiger partial charge is 0.350 e. The number of carbonyl (C=O) groups excluding carboxylic acids is 3. The van der Waals surface area contributed by atoms with Crippen molar-refractivity contribution in [3.63, 3.8) is 0 Å². The second kappa shape index (κ2) is 7.91. The van der Waals surface area contributed by atoms with Crippen molar-refractivity contribution >= 4 is 34.3 Å². The fourth-order valence-electron chi connectivity index (χ4n) is 5.03. The van der Waals surface area contributed by atoms with Crippen LogP contribution in [0.15, 0.2) is 42.5 Å². The van der Waals surface area contributed by atoms with Crippen molar-refractivity contribution in [1.29, 1.82) is 5.26 Å². The molecule has 3 amide bonds. The van der Waals surface area contributed by atoms with Crippen LogP contribution in [0.5, 0.6) is 0 Å². The van der Waals surface area contributed by atoms with Crippen LogP contribution in [0.1, 0.15) is 29.4 Å². The Hall–Kier alpha value is -4.26. The molecule has 0 radical (unpaired) electrons. The fraction of sp³-hybridized carbons (Fsp3) is 0.280. The number of anilines is 1. The normalized spacial score (nSPS) is 21.6. The molecule has 2 aromatic carbocycles. The molecule has 1 fully saturated rings. The van der Waals surface area contributed by atoms with Crippen LogP contribution in [0.2, 0.25) is 0 Å². The Morgan fingerprint density at radius 1 is 1.26 bits per heavy atom. The molecule has 8 nitrogen and oxygen atoms in total. The van der Waals surface area contributed by atoms with E-state index < -0.39 is 40.9 Å². The van der Waals surface area contributed by atoms with Gasteiger partial charge >= 0.3 is 0 Å². The highest BCUT2D eigenvalue weighted by Crippen LogP contribution is 2.46. The Bertz CT molecular complexity index is 1440. The molecular formula is C25H21F2N5O3. The fourth-order valence-corrected chi connectivity index (χ4v) is 5.03. The van der Waals surface area contributed by atoms with Crippen LogP contribution in [0.3, 0.4) is 0 Å². The second-order valence-electron chi connectivity index (χ2n) is 9.02. The molecule has 1 spiro atoms. The molecule has 1 aromatic heterocycles. The van der Waals surface area contributed by atoms with E-state index in [-0.39, 0.29) is 35.5 Å². The number of hydrogen-bond acceptors (Lipinski definition) is 4. The number of para-hydroxylation sites is 1. The number of nitrogens with one attached hydrogen (secondary N) is 2. The molecule has 3 heterocycles. The zero-order valence-electron chi connectivity index (χ0n) is 18.9. The van der Waals surface area contributed by atoms with Crippen molar-refractivity contribution in [1.82, 2.24) is 14.8 Å². The molecule has 0 unspecified atom stereocenters. The molecule has 35 heavy (non-hydrogen) atoms. The van der Waals surface area contributed by atoms with Gasteiger partial charge in [-0.2, -0.15) is 5.26 Å². The highest BCUT2D eigenvalue weighted by atomic mass is 19.1. The monoisotopic (exact) mass is 477 g/mol. The number of nitriles is 1. The van der Waals surface area contributed by atoms with Crippen molar-refractivity contribution < 1.29 is 23.2 Å². The number of benzene rings is 2. The van der Waals surface area contributed by atoms with Crippen LogP contribution in [0.25, 0.3) is 10.9 Å². The Labute approximate surface area is 199 Å². The predicted octanol–water partition coefficient (Wildman–Crippen LogP) is 2.92. The summed E-state index contributed by atoms with van der Waals surface area (Å²) in [6.45, 7) is 1.53. The highest BCUT2D eigenvalue weighted by molar-refractivity contribution is 6.07. The van der Waals surface area contributed by atoms with Gasteiger partial charge in [0.1, 0.15) is 29.4 Å². The summed E-state index contributed by atoms with van der Waals surface area (Å²) in [5.41, 5.74) is 0.477. The van der Waals surface area contributed by atoms with E-state index in [4.69, 9.17) is 0 Å². The van der Waals surface area contributed by atoms with Gasteiger partial charge in [0.2, 0.25) is 11.8 Å². The lowest BCUT2D eigenvalue weighted by Gasteiger charge is -2.30. The summed E-state index contributed by atoms with van der Waals surface area (Å²) < 4.78 is 27.6. The average Bonchev–Trinajstić information content (AvgIpc) is 3.52. The van der Waals surface area contributed by atoms with Crippen molar-refractivity contribution in [2.75, 3.05) is 18.9 Å². The second-order valence-corrected chi connectivity index (χ2v) is 9.02. The van der Waals surface area contributed by atoms with Crippen LogP contribution in [0, 0.1) is 23.0 Å². The van der Waals surface area contributed by atoms with E-state index in [1.165, 1.54) is 29.8 Å². The van der Waals surface area contributed by atoms with E-state index in [1.54, 1.807) is 18.2 Å². The number of aromatic amines is 1. The first-order chi connectivity index (χ1) is 16.7. The summed E-state index contributed by atoms with van der Waals surface area (Å²) in [5.74, 6) is -2.95. The van der Waals surface area contributed by atoms with Gasteiger partial charge in [0, 0.05) is 37.2 Å². The van der Waals surface area contributed by atoms with Crippen molar-refractivity contribution in [3.05, 3.63) is 65.4 Å². The van der Waals surface area contributed by atoms with Gasteiger partial charge in [-0.05, 0) is 30.7 Å². The van der Waals surface area contributed by atoms with Gasteiger partial charge in [0.25, 0.3) is 5.91 Å². The summed E-state index contributed by atoms with van der Waals surface area (Å²) in [6.07, 6.45) is 0.148. The summed E-state index contributed by atoms with van der Waals surface area (Å²) in [7, 11) is 1.41. The quantitative estimate of drug-likeness (QED) is 0.605. The Morgan fingerprint density at radius 2 is 2.00 bits per heavy atom. The standard InChI is InChI=1S/C25H21F2N5O3/c1-13(31(2)23(34)21-9-16-18(27)7-14(26)8-20(16)29-21)22(33)32-12-25(10-15(32)11-28)17-5-3-4-6-19(17)30-24(25)35/h3-9,13,15,29H,10,12H2,1-2H3,(H,30,35)/t13-,15-,25-/m0/s1. The number of likely N-dealkylation sites (tertiary alicyclic amines) is 1. The van der Waals surface area contributed by atoms with Gasteiger partial charge < -0.3 is 20.1 Å². The predicted molar refractivity (Wildman–Crippen MR) is 122 cm³/mol. The summed E-state index contributed by atoms with van der Waals surface area (Å²) in [6, 6.07) is 10.5. The molecule has 178 valence electrons. The zero-order chi connectivity index (χ0) is 25.1. The third-order valence-corrected chi connectivity index (χ3v) is 7.06. The lowest BCUT2D eigenvalue weighted by molar-refractivity contribution is -0.135. The highest BCUT2D eigenvalue weighted by Gasteiger charge is 2.56. The first-order valence-electron chi connectivity index (χ1n) is 11.0. The summed E-state index contributed by atoms with van der Waals surface area (Å²) >= 11 is 0. The van der Waals surface area contributed by atoms with Gasteiger partial charge in [0.05, 0.1) is 17.0 Å². The number of rotatable bonds is 3. The molecule has 1 saturated heterocycles. The first-order valence-corrected chi connectivity index (χ1v) is 11.0. The molecule has 3 aromatic rings. The van der Waals surface area contributed by atoms with Crippen LogP contribution >= 0.6 is 0 Å². The maximum atomic E-state index is 14.1. The number of carbonyl (C=O) groups is 3. The zero-order valence-corrected chi connectivity index (χ0v) is 18.9. The molecule has 0 aliphatic carbocycles. The maximum Gasteiger partial charge on any atom is 0.270 e. The minimum absolute atomic E-state index is 0.00882. The molecule has 0 saturated carbocycles. The molecule has 2 N–H and O–H groups in total. The summed E-state index contributed by atoms with van der Waals surface area (Å²) in [4.78, 5) is 44.7. The molecule has 5 rings (SSSR count). The Balaban J connectivity index is 1.40. The number of amides is 3. The molecule has 2 aliphatic heterocycles. The number of H-pyrrole nitrogens is 1. The smallest absolute Gasteiger partial charge is 0.270 e. The van der Waals surface area contributed by atoms with Crippen LogP contribution in [-0.2, 0) is 15.0 Å². The number of fused-ring (bicyclic) bond motifs is 3. The van der Waals surface area contributed by atoms with Gasteiger partial charge in [-0.25, -0.2) is 8.78 Å². The van der Waals surface area contributed by atoms with E-state index in [2.05, 4.69) is 16.4 Å². The van der Waals surface area contributed by atoms with Gasteiger partial charge in [0.15, 0.2) is 0 Å². The molecule has 2 aliphatic rings. The minimum atomic E-state index is -1.03. The van der Waals surface area contributed by atoms with E-state index >= 15 is 0 Å². The lowest BCUT2D eigenvalue weighted by atomic mass is 9.80. The number of nitrogens with zero attached hydrogens (tertiary/aromatic N) is 3. The van der Waals surface area contributed by atoms with E-state index in [0.717, 1.165) is 17.7 Å². The molecule has 3 atom stereocenters. The molecular weight excluding hydrogens is 456 g/mol. The van der Waals surface area contributed by atoms with Gasteiger partial charge in [-0.15, -0.1) is 0 Å². The number of halogens is 2. The van der Waals surface area contributed by atoms with E-state index in [1.807, 2.05) is 6.07 Å². The first kappa shape index (κ1) is 22.5. The van der Waals surface area contributed by atoms with Gasteiger partial charge in [-0.3, -0.25) is 14.4 Å². The average molecular weight is 477 g/mol. The third kappa shape index (κ3) is 3.34. The molecule has 10 heteroatoms. The topological polar surface area (TPSA) is 109 Å². The summed E-state index contributed by atoms with van der Waals surface area (Å²) in [5, 5.41) is 12.7. The van der Waals surface area contributed by atoms with Crippen LogP contribution in [-0.4, -0.2) is 58.2 Å². The number of likely N-dealkylation sites (N-methyl/N-ethyl adjacent to an activating group) is 1. The Morgan fingerprint density at radius 3 is 2.74 bits per heavy atom. The maximum absolute atomic E-state index is 14.1. The number of hydrogen-bond donors (Lipinski definition) is 2. The van der Waals surface area contributed by atoms with E-state index in [0.29, 0.717) is 5.69 Å². The van der Waals surface area contributed by atoms with Crippen molar-refractivity contribution in [2.45, 2.75) is 30.8 Å². The third-order valence-electron chi connectivity index (χ3n) is 7.06. The SMILES string of the molecule is C[C@@H](C(=O)N1C[C@]2(C[C@H]1C#N)C(=O)Nc1ccccc12)N(C)C(=O)c1cc2c(F)cc(F)cc2[nH]1. The minimum Gasteiger partial charge on any atom is -0.350 e. The molecule has 0 bridgehead atoms. The number of aromatic nitrogens is 1. The van der Waals surface area contributed by atoms with Gasteiger partial charge in [-0.1, -0.05) is 18.2 Å². The van der Waals surface area contributed by atoms with Crippen molar-refractivity contribution in [2.24, 2.45) is 0 Å². The Kier molecular flexibility index (Phi) is 5.09. The van der Waals surface area contributed by atoms with E-state index in [9.17, 15) is 28.4 Å². The van der Waals surface area contributed by atoms with Crippen LogP contribution < -0.4 is 5.32 Å². The lowest BCUT2D eigenvalue weighted by Crippen LogP contribution is -2.50. The van der Waals surface area contributed by atoms with Crippen molar-refractivity contribution in [3.8, 4) is 6.07 Å². The van der Waals surface area contributed by atoms with Crippen LogP contribution in [0.4, 0.5) is 14.5 Å².